The van der Waals surface area contributed by atoms with Crippen LogP contribution in [0.15, 0.2) is 30.4 Å². The third kappa shape index (κ3) is 3.16. The van der Waals surface area contributed by atoms with E-state index in [4.69, 9.17) is 0 Å². The minimum atomic E-state index is -0.474. The Bertz CT molecular complexity index is 408. The lowest BCUT2D eigenvalue weighted by molar-refractivity contribution is 0.402. The number of allylic oxidation sites excluding steroid dienone is 2. The molecule has 0 radical (unpaired) electrons. The maximum atomic E-state index is 13.6. The second kappa shape index (κ2) is 6.10. The third-order valence-corrected chi connectivity index (χ3v) is 3.52. The van der Waals surface area contributed by atoms with Gasteiger partial charge in [0.15, 0.2) is 0 Å². The fourth-order valence-corrected chi connectivity index (χ4v) is 2.41. The van der Waals surface area contributed by atoms with E-state index in [-0.39, 0.29) is 11.6 Å². The van der Waals surface area contributed by atoms with Gasteiger partial charge in [0.1, 0.15) is 11.6 Å². The highest BCUT2D eigenvalue weighted by Gasteiger charge is 2.17. The van der Waals surface area contributed by atoms with Gasteiger partial charge in [0.2, 0.25) is 0 Å². The highest BCUT2D eigenvalue weighted by molar-refractivity contribution is 5.22. The van der Waals surface area contributed by atoms with E-state index in [0.29, 0.717) is 5.92 Å². The number of halogens is 2. The summed E-state index contributed by atoms with van der Waals surface area (Å²) in [5.74, 6) is -0.371. The molecule has 2 atom stereocenters. The molecule has 18 heavy (non-hydrogen) atoms. The highest BCUT2D eigenvalue weighted by atomic mass is 19.1. The Morgan fingerprint density at radius 3 is 2.61 bits per heavy atom. The molecule has 1 aliphatic carbocycles. The molecule has 0 heterocycles. The first-order chi connectivity index (χ1) is 8.68. The van der Waals surface area contributed by atoms with E-state index in [1.54, 1.807) is 6.92 Å². The maximum absolute atomic E-state index is 13.6. The van der Waals surface area contributed by atoms with Gasteiger partial charge >= 0.3 is 0 Å². The van der Waals surface area contributed by atoms with Gasteiger partial charge < -0.3 is 5.32 Å². The van der Waals surface area contributed by atoms with Gasteiger partial charge in [-0.3, -0.25) is 0 Å². The summed E-state index contributed by atoms with van der Waals surface area (Å²) in [4.78, 5) is 0. The average Bonchev–Trinajstić information content (AvgIpc) is 2.37. The van der Waals surface area contributed by atoms with Crippen molar-refractivity contribution >= 4 is 0 Å². The molecule has 0 amide bonds. The molecule has 1 aliphatic rings. The molecule has 0 saturated carbocycles. The van der Waals surface area contributed by atoms with Gasteiger partial charge in [-0.2, -0.15) is 0 Å². The van der Waals surface area contributed by atoms with Crippen LogP contribution >= 0.6 is 0 Å². The van der Waals surface area contributed by atoms with Crippen LogP contribution in [-0.2, 0) is 0 Å². The average molecular weight is 251 g/mol. The van der Waals surface area contributed by atoms with E-state index in [9.17, 15) is 8.78 Å². The highest BCUT2D eigenvalue weighted by Crippen LogP contribution is 2.22. The number of hydrogen-bond acceptors (Lipinski definition) is 1. The molecule has 0 aromatic heterocycles. The zero-order valence-corrected chi connectivity index (χ0v) is 10.6. The first kappa shape index (κ1) is 13.2. The van der Waals surface area contributed by atoms with Gasteiger partial charge in [-0.25, -0.2) is 8.78 Å². The van der Waals surface area contributed by atoms with Gasteiger partial charge in [0, 0.05) is 11.6 Å². The van der Waals surface area contributed by atoms with E-state index in [0.717, 1.165) is 25.8 Å². The Balaban J connectivity index is 1.95. The lowest BCUT2D eigenvalue weighted by Crippen LogP contribution is -2.27. The quantitative estimate of drug-likeness (QED) is 0.798. The molecule has 2 rings (SSSR count). The van der Waals surface area contributed by atoms with E-state index >= 15 is 0 Å². The number of rotatable bonds is 4. The standard InChI is InChI=1S/C15H19F2N/c1-11(15-13(16)8-5-9-14(15)17)18-10-12-6-3-2-4-7-12/h2-3,5,8-9,11-12,18H,4,6-7,10H2,1H3. The van der Waals surface area contributed by atoms with E-state index in [2.05, 4.69) is 17.5 Å². The van der Waals surface area contributed by atoms with Crippen molar-refractivity contribution in [1.29, 1.82) is 0 Å². The molecule has 2 unspecified atom stereocenters. The largest absolute Gasteiger partial charge is 0.310 e. The van der Waals surface area contributed by atoms with E-state index < -0.39 is 11.6 Å². The summed E-state index contributed by atoms with van der Waals surface area (Å²) in [5.41, 5.74) is 0.142. The van der Waals surface area contributed by atoms with Crippen LogP contribution in [0.4, 0.5) is 8.78 Å². The molecule has 0 fully saturated rings. The van der Waals surface area contributed by atoms with Crippen LogP contribution < -0.4 is 5.32 Å². The topological polar surface area (TPSA) is 12.0 Å². The summed E-state index contributed by atoms with van der Waals surface area (Å²) in [6.45, 7) is 2.61. The van der Waals surface area contributed by atoms with Crippen molar-refractivity contribution in [2.45, 2.75) is 32.2 Å². The molecule has 0 spiro atoms. The van der Waals surface area contributed by atoms with Crippen LogP contribution in [0.25, 0.3) is 0 Å². The number of nitrogens with one attached hydrogen (secondary N) is 1. The Morgan fingerprint density at radius 1 is 1.28 bits per heavy atom. The van der Waals surface area contributed by atoms with Crippen LogP contribution in [0.3, 0.4) is 0 Å². The minimum Gasteiger partial charge on any atom is -0.310 e. The van der Waals surface area contributed by atoms with Crippen molar-refractivity contribution < 1.29 is 8.78 Å². The molecule has 3 heteroatoms. The van der Waals surface area contributed by atoms with Crippen LogP contribution in [-0.4, -0.2) is 6.54 Å². The second-order valence-electron chi connectivity index (χ2n) is 4.92. The molecule has 1 nitrogen and oxygen atoms in total. The summed E-state index contributed by atoms with van der Waals surface area (Å²) in [7, 11) is 0. The monoisotopic (exact) mass is 251 g/mol. The summed E-state index contributed by atoms with van der Waals surface area (Å²) in [5, 5.41) is 3.24. The smallest absolute Gasteiger partial charge is 0.130 e. The number of hydrogen-bond donors (Lipinski definition) is 1. The molecular weight excluding hydrogens is 232 g/mol. The molecule has 1 aromatic carbocycles. The number of benzene rings is 1. The molecule has 0 saturated heterocycles. The SMILES string of the molecule is CC(NCC1CC=CCC1)c1c(F)cccc1F. The van der Waals surface area contributed by atoms with Crippen molar-refractivity contribution in [3.8, 4) is 0 Å². The predicted octanol–water partition coefficient (Wildman–Crippen LogP) is 3.97. The Kier molecular flexibility index (Phi) is 4.48. The molecule has 1 aromatic rings. The Morgan fingerprint density at radius 2 is 2.00 bits per heavy atom. The zero-order valence-electron chi connectivity index (χ0n) is 10.6. The fraction of sp³-hybridized carbons (Fsp3) is 0.467. The molecular formula is C15H19F2N. The summed E-state index contributed by atoms with van der Waals surface area (Å²) < 4.78 is 27.2. The predicted molar refractivity (Wildman–Crippen MR) is 69.3 cm³/mol. The first-order valence-corrected chi connectivity index (χ1v) is 6.50. The van der Waals surface area contributed by atoms with Gasteiger partial charge in [-0.05, 0) is 50.8 Å². The fourth-order valence-electron chi connectivity index (χ4n) is 2.41. The molecule has 0 bridgehead atoms. The Hall–Kier alpha value is -1.22. The summed E-state index contributed by atoms with van der Waals surface area (Å²) >= 11 is 0. The molecule has 0 aliphatic heterocycles. The van der Waals surface area contributed by atoms with Crippen molar-refractivity contribution in [2.75, 3.05) is 6.54 Å². The van der Waals surface area contributed by atoms with Crippen molar-refractivity contribution in [3.63, 3.8) is 0 Å². The normalized spacial score (nSPS) is 20.9. The van der Waals surface area contributed by atoms with E-state index in [1.807, 2.05) is 0 Å². The molecule has 98 valence electrons. The van der Waals surface area contributed by atoms with Gasteiger partial charge in [0.25, 0.3) is 0 Å². The lowest BCUT2D eigenvalue weighted by atomic mass is 9.94. The zero-order chi connectivity index (χ0) is 13.0. The first-order valence-electron chi connectivity index (χ1n) is 6.50. The van der Waals surface area contributed by atoms with Crippen molar-refractivity contribution in [1.82, 2.24) is 5.32 Å². The third-order valence-electron chi connectivity index (χ3n) is 3.52. The Labute approximate surface area is 107 Å². The lowest BCUT2D eigenvalue weighted by Gasteiger charge is -2.22. The van der Waals surface area contributed by atoms with Gasteiger partial charge in [0.05, 0.1) is 0 Å². The molecule has 1 N–H and O–H groups in total. The van der Waals surface area contributed by atoms with Crippen LogP contribution in [0.1, 0.15) is 37.8 Å². The summed E-state index contributed by atoms with van der Waals surface area (Å²) in [6.07, 6.45) is 7.69. The van der Waals surface area contributed by atoms with Gasteiger partial charge in [-0.1, -0.05) is 18.2 Å². The van der Waals surface area contributed by atoms with Crippen LogP contribution in [0, 0.1) is 17.6 Å². The maximum Gasteiger partial charge on any atom is 0.130 e. The van der Waals surface area contributed by atoms with Crippen molar-refractivity contribution in [2.24, 2.45) is 5.92 Å². The van der Waals surface area contributed by atoms with Crippen LogP contribution in [0.5, 0.6) is 0 Å². The summed E-state index contributed by atoms with van der Waals surface area (Å²) in [6, 6.07) is 3.71. The minimum absolute atomic E-state index is 0.142. The van der Waals surface area contributed by atoms with Gasteiger partial charge in [-0.15, -0.1) is 0 Å². The van der Waals surface area contributed by atoms with Crippen molar-refractivity contribution in [3.05, 3.63) is 47.5 Å². The van der Waals surface area contributed by atoms with E-state index in [1.165, 1.54) is 18.2 Å². The second-order valence-corrected chi connectivity index (χ2v) is 4.92. The van der Waals surface area contributed by atoms with Crippen LogP contribution in [0.2, 0.25) is 0 Å².